The molecule has 110 valence electrons. The summed E-state index contributed by atoms with van der Waals surface area (Å²) in [5.74, 6) is -1.23. The van der Waals surface area contributed by atoms with E-state index in [1.54, 1.807) is 19.2 Å². The predicted octanol–water partition coefficient (Wildman–Crippen LogP) is 0.927. The smallest absolute Gasteiger partial charge is 0.328 e. The maximum atomic E-state index is 12.2. The highest BCUT2D eigenvalue weighted by Crippen LogP contribution is 2.19. The average molecular weight is 299 g/mol. The van der Waals surface area contributed by atoms with Crippen molar-refractivity contribution in [2.24, 2.45) is 0 Å². The molecular weight excluding hydrogens is 282 g/mol. The van der Waals surface area contributed by atoms with E-state index in [1.807, 2.05) is 0 Å². The van der Waals surface area contributed by atoms with Gasteiger partial charge in [-0.1, -0.05) is 0 Å². The Labute approximate surface area is 120 Å². The van der Waals surface area contributed by atoms with E-state index in [-0.39, 0.29) is 19.1 Å². The summed E-state index contributed by atoms with van der Waals surface area (Å²) in [5, 5.41) is 17.5. The number of carboxylic acid groups (broad SMARTS) is 1. The van der Waals surface area contributed by atoms with Crippen LogP contribution in [0, 0.1) is 0 Å². The Kier molecular flexibility index (Phi) is 6.92. The van der Waals surface area contributed by atoms with Crippen molar-refractivity contribution < 1.29 is 24.5 Å². The van der Waals surface area contributed by atoms with Crippen LogP contribution in [0.15, 0.2) is 18.2 Å². The van der Waals surface area contributed by atoms with Gasteiger partial charge in [-0.15, -0.1) is 11.3 Å². The Bertz CT molecular complexity index is 483. The Hall–Kier alpha value is -1.70. The van der Waals surface area contributed by atoms with E-state index >= 15 is 0 Å². The van der Waals surface area contributed by atoms with E-state index in [1.165, 1.54) is 22.3 Å². The van der Waals surface area contributed by atoms with Gasteiger partial charge >= 0.3 is 5.97 Å². The Balaban J connectivity index is 2.76. The number of aliphatic hydroxyl groups excluding tert-OH is 1. The van der Waals surface area contributed by atoms with Crippen molar-refractivity contribution >= 4 is 29.3 Å². The summed E-state index contributed by atoms with van der Waals surface area (Å²) in [6.07, 6.45) is 2.46. The van der Waals surface area contributed by atoms with Crippen LogP contribution in [0.5, 0.6) is 0 Å². The number of aliphatic carboxylic acids is 1. The van der Waals surface area contributed by atoms with Crippen LogP contribution in [-0.4, -0.2) is 60.4 Å². The van der Waals surface area contributed by atoms with Gasteiger partial charge in [0.05, 0.1) is 18.1 Å². The van der Waals surface area contributed by atoms with Gasteiger partial charge in [-0.25, -0.2) is 4.79 Å². The highest BCUT2D eigenvalue weighted by atomic mass is 32.1. The molecule has 0 spiro atoms. The first-order valence-electron chi connectivity index (χ1n) is 5.98. The predicted molar refractivity (Wildman–Crippen MR) is 75.9 cm³/mol. The van der Waals surface area contributed by atoms with E-state index in [4.69, 9.17) is 14.9 Å². The van der Waals surface area contributed by atoms with Crippen LogP contribution in [0.1, 0.15) is 14.5 Å². The molecule has 1 aromatic heterocycles. The van der Waals surface area contributed by atoms with Crippen LogP contribution in [-0.2, 0) is 9.53 Å². The zero-order chi connectivity index (χ0) is 15.0. The second-order valence-corrected chi connectivity index (χ2v) is 5.00. The molecule has 1 heterocycles. The average Bonchev–Trinajstić information content (AvgIpc) is 2.89. The van der Waals surface area contributed by atoms with E-state index in [9.17, 15) is 9.59 Å². The Morgan fingerprint density at radius 1 is 1.40 bits per heavy atom. The van der Waals surface area contributed by atoms with E-state index in [0.29, 0.717) is 22.9 Å². The Morgan fingerprint density at radius 3 is 2.75 bits per heavy atom. The molecule has 20 heavy (non-hydrogen) atoms. The fraction of sp³-hybridized carbons (Fsp3) is 0.385. The van der Waals surface area contributed by atoms with Crippen LogP contribution in [0.4, 0.5) is 0 Å². The number of rotatable bonds is 8. The van der Waals surface area contributed by atoms with Crippen molar-refractivity contribution in [3.63, 3.8) is 0 Å². The van der Waals surface area contributed by atoms with Gasteiger partial charge in [0.2, 0.25) is 0 Å². The van der Waals surface area contributed by atoms with Gasteiger partial charge in [0.15, 0.2) is 0 Å². The number of hydrogen-bond acceptors (Lipinski definition) is 5. The van der Waals surface area contributed by atoms with Crippen molar-refractivity contribution in [3.05, 3.63) is 28.0 Å². The van der Waals surface area contributed by atoms with Crippen LogP contribution in [0.3, 0.4) is 0 Å². The van der Waals surface area contributed by atoms with Crippen LogP contribution < -0.4 is 0 Å². The third-order valence-corrected chi connectivity index (χ3v) is 3.49. The molecule has 0 bridgehead atoms. The Morgan fingerprint density at radius 2 is 2.15 bits per heavy atom. The van der Waals surface area contributed by atoms with Crippen LogP contribution >= 0.6 is 11.3 Å². The third-order valence-electron chi connectivity index (χ3n) is 2.45. The number of thiophene rings is 1. The summed E-state index contributed by atoms with van der Waals surface area (Å²) in [4.78, 5) is 25.3. The number of nitrogens with zero attached hydrogens (tertiary/aromatic N) is 1. The molecule has 0 aliphatic rings. The molecule has 0 saturated carbocycles. The molecule has 0 fully saturated rings. The molecule has 1 rings (SSSR count). The molecule has 7 heteroatoms. The zero-order valence-electron chi connectivity index (χ0n) is 11.1. The first-order valence-corrected chi connectivity index (χ1v) is 6.80. The summed E-state index contributed by atoms with van der Waals surface area (Å²) >= 11 is 1.21. The lowest BCUT2D eigenvalue weighted by Gasteiger charge is -2.20. The molecule has 6 nitrogen and oxygen atoms in total. The second kappa shape index (κ2) is 8.47. The van der Waals surface area contributed by atoms with Gasteiger partial charge in [-0.3, -0.25) is 4.79 Å². The summed E-state index contributed by atoms with van der Waals surface area (Å²) in [6, 6.07) is 3.33. The number of ether oxygens (including phenoxy) is 1. The van der Waals surface area contributed by atoms with E-state index < -0.39 is 5.97 Å². The van der Waals surface area contributed by atoms with Crippen molar-refractivity contribution in [2.45, 2.75) is 0 Å². The lowest BCUT2D eigenvalue weighted by atomic mass is 10.3. The van der Waals surface area contributed by atoms with Crippen molar-refractivity contribution in [1.82, 2.24) is 4.90 Å². The SMILES string of the molecule is COCCN(CCO)C(=O)c1ccc(/C=C/C(=O)O)s1. The standard InChI is InChI=1S/C13H17NO5S/c1-19-9-7-14(6-8-15)13(18)11-4-2-10(20-11)3-5-12(16)17/h2-5,15H,6-9H2,1H3,(H,16,17)/b5-3+. The number of methoxy groups -OCH3 is 1. The molecular formula is C13H17NO5S. The normalized spacial score (nSPS) is 10.9. The number of carbonyl (C=O) groups excluding carboxylic acids is 1. The summed E-state index contributed by atoms with van der Waals surface area (Å²) < 4.78 is 4.93. The lowest BCUT2D eigenvalue weighted by Crippen LogP contribution is -2.35. The molecule has 0 unspecified atom stereocenters. The molecule has 0 atom stereocenters. The molecule has 0 radical (unpaired) electrons. The number of carboxylic acids is 1. The molecule has 2 N–H and O–H groups in total. The van der Waals surface area contributed by atoms with Gasteiger partial charge < -0.3 is 19.8 Å². The van der Waals surface area contributed by atoms with Gasteiger partial charge in [0.25, 0.3) is 5.91 Å². The largest absolute Gasteiger partial charge is 0.478 e. The number of carbonyl (C=O) groups is 2. The van der Waals surface area contributed by atoms with Gasteiger partial charge in [0.1, 0.15) is 0 Å². The highest BCUT2D eigenvalue weighted by molar-refractivity contribution is 7.14. The first-order chi connectivity index (χ1) is 9.58. The maximum Gasteiger partial charge on any atom is 0.328 e. The van der Waals surface area contributed by atoms with E-state index in [2.05, 4.69) is 0 Å². The molecule has 0 aliphatic heterocycles. The van der Waals surface area contributed by atoms with Crippen molar-refractivity contribution in [2.75, 3.05) is 33.4 Å². The number of hydrogen-bond donors (Lipinski definition) is 2. The van der Waals surface area contributed by atoms with Crippen molar-refractivity contribution in [3.8, 4) is 0 Å². The minimum Gasteiger partial charge on any atom is -0.478 e. The maximum absolute atomic E-state index is 12.2. The minimum atomic E-state index is -1.03. The molecule has 0 saturated heterocycles. The van der Waals surface area contributed by atoms with Gasteiger partial charge in [0, 0.05) is 31.2 Å². The van der Waals surface area contributed by atoms with Gasteiger partial charge in [-0.2, -0.15) is 0 Å². The fourth-order valence-electron chi connectivity index (χ4n) is 1.50. The molecule has 1 aromatic rings. The minimum absolute atomic E-state index is 0.118. The summed E-state index contributed by atoms with van der Waals surface area (Å²) in [7, 11) is 1.54. The van der Waals surface area contributed by atoms with Gasteiger partial charge in [-0.05, 0) is 18.2 Å². The van der Waals surface area contributed by atoms with Crippen molar-refractivity contribution in [1.29, 1.82) is 0 Å². The summed E-state index contributed by atoms with van der Waals surface area (Å²) in [5.41, 5.74) is 0. The fourth-order valence-corrected chi connectivity index (χ4v) is 2.38. The molecule has 1 amide bonds. The number of amides is 1. The third kappa shape index (κ3) is 5.12. The lowest BCUT2D eigenvalue weighted by molar-refractivity contribution is -0.131. The monoisotopic (exact) mass is 299 g/mol. The first kappa shape index (κ1) is 16.4. The highest BCUT2D eigenvalue weighted by Gasteiger charge is 2.16. The zero-order valence-corrected chi connectivity index (χ0v) is 11.9. The summed E-state index contributed by atoms with van der Waals surface area (Å²) in [6.45, 7) is 0.907. The topological polar surface area (TPSA) is 87.1 Å². The molecule has 0 aliphatic carbocycles. The van der Waals surface area contributed by atoms with Crippen LogP contribution in [0.25, 0.3) is 6.08 Å². The molecule has 0 aromatic carbocycles. The van der Waals surface area contributed by atoms with Crippen LogP contribution in [0.2, 0.25) is 0 Å². The van der Waals surface area contributed by atoms with E-state index in [0.717, 1.165) is 6.08 Å². The number of aliphatic hydroxyl groups is 1. The quantitative estimate of drug-likeness (QED) is 0.697. The second-order valence-electron chi connectivity index (χ2n) is 3.88.